The van der Waals surface area contributed by atoms with E-state index in [0.29, 0.717) is 11.4 Å². The molecular weight excluding hydrogens is 452 g/mol. The lowest BCUT2D eigenvalue weighted by Crippen LogP contribution is -2.36. The van der Waals surface area contributed by atoms with Crippen molar-refractivity contribution in [1.82, 2.24) is 5.32 Å². The number of aryl methyl sites for hydroxylation is 1. The molecule has 12 heteroatoms. The van der Waals surface area contributed by atoms with Gasteiger partial charge in [0.25, 0.3) is 10.1 Å². The number of guanidine groups is 1. The van der Waals surface area contributed by atoms with Crippen LogP contribution in [0.1, 0.15) is 26.3 Å². The third kappa shape index (κ3) is 12.1. The Balaban J connectivity index is 0.000000412. The Kier molecular flexibility index (Phi) is 9.82. The van der Waals surface area contributed by atoms with Crippen LogP contribution in [-0.4, -0.2) is 43.1 Å². The van der Waals surface area contributed by atoms with Crippen LogP contribution in [0.25, 0.3) is 0 Å². The molecule has 0 spiro atoms. The second-order valence-electron chi connectivity index (χ2n) is 7.65. The van der Waals surface area contributed by atoms with Crippen molar-refractivity contribution in [1.29, 1.82) is 0 Å². The number of amides is 1. The number of hydrogen-bond donors (Lipinski definition) is 4. The van der Waals surface area contributed by atoms with Gasteiger partial charge in [-0.25, -0.2) is 14.6 Å². The Hall–Kier alpha value is -3.64. The Morgan fingerprint density at radius 2 is 1.58 bits per heavy atom. The average Bonchev–Trinajstić information content (AvgIpc) is 2.66. The van der Waals surface area contributed by atoms with Gasteiger partial charge in [-0.1, -0.05) is 17.7 Å². The minimum absolute atomic E-state index is 0.0636. The van der Waals surface area contributed by atoms with Crippen molar-refractivity contribution in [3.63, 3.8) is 0 Å². The van der Waals surface area contributed by atoms with Crippen molar-refractivity contribution in [2.45, 2.75) is 38.2 Å². The number of carbonyl (C=O) groups excluding carboxylic acids is 2. The van der Waals surface area contributed by atoms with E-state index in [4.69, 9.17) is 25.5 Å². The summed E-state index contributed by atoms with van der Waals surface area (Å²) in [5.41, 5.74) is 11.4. The molecule has 6 N–H and O–H groups in total. The Morgan fingerprint density at radius 3 is 2.03 bits per heavy atom. The van der Waals surface area contributed by atoms with Gasteiger partial charge in [0.05, 0.1) is 10.6 Å². The molecule has 2 rings (SSSR count). The minimum Gasteiger partial charge on any atom is -0.444 e. The molecule has 33 heavy (non-hydrogen) atoms. The Bertz CT molecular complexity index is 1070. The van der Waals surface area contributed by atoms with E-state index in [-0.39, 0.29) is 17.4 Å². The maximum atomic E-state index is 11.6. The predicted octanol–water partition coefficient (Wildman–Crippen LogP) is 2.26. The molecular formula is C21H28N4O7S. The largest absolute Gasteiger partial charge is 0.444 e. The van der Waals surface area contributed by atoms with Gasteiger partial charge < -0.3 is 26.3 Å². The summed E-state index contributed by atoms with van der Waals surface area (Å²) in [6.07, 6.45) is -0.687. The summed E-state index contributed by atoms with van der Waals surface area (Å²) in [5, 5.41) is 2.31. The highest BCUT2D eigenvalue weighted by molar-refractivity contribution is 7.85. The van der Waals surface area contributed by atoms with E-state index in [1.54, 1.807) is 45.0 Å². The van der Waals surface area contributed by atoms with Gasteiger partial charge >= 0.3 is 12.1 Å². The second kappa shape index (κ2) is 11.8. The fourth-order valence-corrected chi connectivity index (χ4v) is 2.55. The number of nitrogens with one attached hydrogen (secondary N) is 1. The van der Waals surface area contributed by atoms with Crippen LogP contribution in [0.5, 0.6) is 5.75 Å². The first-order chi connectivity index (χ1) is 15.2. The molecule has 0 atom stereocenters. The van der Waals surface area contributed by atoms with E-state index in [9.17, 15) is 18.0 Å². The molecule has 0 saturated carbocycles. The molecule has 0 radical (unpaired) electrons. The summed E-state index contributed by atoms with van der Waals surface area (Å²) in [5.74, 6) is -0.378. The number of nitrogens with zero attached hydrogens (tertiary/aromatic N) is 1. The standard InChI is InChI=1S/C14H20N4O4.C7H8O3S/c1-14(2,3)22-13(20)17-8-11(19)21-10-6-4-9(5-7-10)18-12(15)16;1-6-2-4-7(5-3-6)11(8,9)10/h4-7H,8H2,1-3H3,(H,17,20)(H4,15,16,18);2-5H,1H3,(H,8,9,10). The molecule has 0 bridgehead atoms. The number of alkyl carbamates (subject to hydrolysis) is 1. The third-order valence-electron chi connectivity index (χ3n) is 3.42. The molecule has 11 nitrogen and oxygen atoms in total. The van der Waals surface area contributed by atoms with Crippen molar-refractivity contribution in [2.75, 3.05) is 6.54 Å². The predicted molar refractivity (Wildman–Crippen MR) is 123 cm³/mol. The van der Waals surface area contributed by atoms with Crippen molar-refractivity contribution in [2.24, 2.45) is 16.5 Å². The van der Waals surface area contributed by atoms with Gasteiger partial charge in [0.2, 0.25) is 0 Å². The highest BCUT2D eigenvalue weighted by atomic mass is 32.2. The number of benzene rings is 2. The normalized spacial score (nSPS) is 10.8. The van der Waals surface area contributed by atoms with Gasteiger partial charge in [-0.3, -0.25) is 4.55 Å². The van der Waals surface area contributed by atoms with Crippen LogP contribution < -0.4 is 21.5 Å². The summed E-state index contributed by atoms with van der Waals surface area (Å²) < 4.78 is 39.6. The molecule has 0 heterocycles. The number of nitrogens with two attached hydrogens (primary N) is 2. The van der Waals surface area contributed by atoms with E-state index in [1.165, 1.54) is 24.3 Å². The van der Waals surface area contributed by atoms with Crippen molar-refractivity contribution >= 4 is 33.8 Å². The molecule has 1 amide bonds. The van der Waals surface area contributed by atoms with E-state index in [2.05, 4.69) is 10.3 Å². The first-order valence-corrected chi connectivity index (χ1v) is 11.0. The molecule has 0 aliphatic carbocycles. The lowest BCUT2D eigenvalue weighted by Gasteiger charge is -2.19. The summed E-state index contributed by atoms with van der Waals surface area (Å²) >= 11 is 0. The number of hydrogen-bond acceptors (Lipinski definition) is 7. The maximum Gasteiger partial charge on any atom is 0.408 e. The van der Waals surface area contributed by atoms with Crippen LogP contribution >= 0.6 is 0 Å². The number of esters is 1. The van der Waals surface area contributed by atoms with Crippen LogP contribution in [0.2, 0.25) is 0 Å². The smallest absolute Gasteiger partial charge is 0.408 e. The average molecular weight is 481 g/mol. The number of rotatable bonds is 5. The molecule has 2 aromatic rings. The van der Waals surface area contributed by atoms with E-state index in [0.717, 1.165) is 5.56 Å². The molecule has 0 fully saturated rings. The van der Waals surface area contributed by atoms with Gasteiger partial charge in [0, 0.05) is 0 Å². The molecule has 0 saturated heterocycles. The van der Waals surface area contributed by atoms with Crippen LogP contribution in [0.4, 0.5) is 10.5 Å². The highest BCUT2D eigenvalue weighted by Gasteiger charge is 2.17. The molecule has 0 aromatic heterocycles. The van der Waals surface area contributed by atoms with Crippen LogP contribution in [0, 0.1) is 6.92 Å². The quantitative estimate of drug-likeness (QED) is 0.164. The third-order valence-corrected chi connectivity index (χ3v) is 4.29. The maximum absolute atomic E-state index is 11.6. The second-order valence-corrected chi connectivity index (χ2v) is 9.07. The topological polar surface area (TPSA) is 183 Å². The highest BCUT2D eigenvalue weighted by Crippen LogP contribution is 2.18. The number of ether oxygens (including phenoxy) is 2. The van der Waals surface area contributed by atoms with Gasteiger partial charge in [0.15, 0.2) is 5.96 Å². The van der Waals surface area contributed by atoms with E-state index < -0.39 is 27.8 Å². The zero-order valence-electron chi connectivity index (χ0n) is 18.7. The van der Waals surface area contributed by atoms with Gasteiger partial charge in [-0.2, -0.15) is 8.42 Å². The molecule has 2 aromatic carbocycles. The summed E-state index contributed by atoms with van der Waals surface area (Å²) in [6, 6.07) is 12.2. The van der Waals surface area contributed by atoms with Crippen molar-refractivity contribution < 1.29 is 32.0 Å². The SMILES string of the molecule is CC(C)(C)OC(=O)NCC(=O)Oc1ccc(N=C(N)N)cc1.Cc1ccc(S(=O)(=O)O)cc1. The lowest BCUT2D eigenvalue weighted by molar-refractivity contribution is -0.133. The fourth-order valence-electron chi connectivity index (χ4n) is 2.07. The van der Waals surface area contributed by atoms with E-state index >= 15 is 0 Å². The van der Waals surface area contributed by atoms with Gasteiger partial charge in [-0.15, -0.1) is 0 Å². The molecule has 0 aliphatic rings. The van der Waals surface area contributed by atoms with Gasteiger partial charge in [0.1, 0.15) is 17.9 Å². The van der Waals surface area contributed by atoms with Crippen molar-refractivity contribution in [3.8, 4) is 5.75 Å². The summed E-state index contributed by atoms with van der Waals surface area (Å²) in [4.78, 5) is 26.7. The zero-order valence-corrected chi connectivity index (χ0v) is 19.5. The lowest BCUT2D eigenvalue weighted by atomic mass is 10.2. The fraction of sp³-hybridized carbons (Fsp3) is 0.286. The number of aliphatic imine (C=N–C) groups is 1. The zero-order chi connectivity index (χ0) is 25.2. The summed E-state index contributed by atoms with van der Waals surface area (Å²) in [7, 11) is -4.02. The number of carbonyl (C=O) groups is 2. The van der Waals surface area contributed by atoms with Crippen LogP contribution in [-0.2, 0) is 19.6 Å². The van der Waals surface area contributed by atoms with Crippen LogP contribution in [0.3, 0.4) is 0 Å². The first-order valence-electron chi connectivity index (χ1n) is 9.57. The van der Waals surface area contributed by atoms with Crippen LogP contribution in [0.15, 0.2) is 58.4 Å². The first kappa shape index (κ1) is 27.4. The molecule has 0 aliphatic heterocycles. The van der Waals surface area contributed by atoms with Crippen molar-refractivity contribution in [3.05, 3.63) is 54.1 Å². The van der Waals surface area contributed by atoms with Gasteiger partial charge in [-0.05, 0) is 64.1 Å². The Labute approximate surface area is 192 Å². The van der Waals surface area contributed by atoms with E-state index in [1.807, 2.05) is 6.92 Å². The molecule has 180 valence electrons. The summed E-state index contributed by atoms with van der Waals surface area (Å²) in [6.45, 7) is 6.72. The minimum atomic E-state index is -4.02. The monoisotopic (exact) mass is 480 g/mol. The Morgan fingerprint density at radius 1 is 1.03 bits per heavy atom. The molecule has 0 unspecified atom stereocenters.